The average Bonchev–Trinajstić information content (AvgIpc) is 2.61. The third-order valence-corrected chi connectivity index (χ3v) is 4.76. The molecule has 144 valence electrons. The summed E-state index contributed by atoms with van der Waals surface area (Å²) in [4.78, 5) is 38.7. The van der Waals surface area contributed by atoms with Crippen molar-refractivity contribution in [2.75, 3.05) is 13.1 Å². The smallest absolute Gasteiger partial charge is 0.289 e. The standard InChI is InChI=1S/C20H21F2NO4/c1-20(2)10-14(24)9-17(27-20)19(26)23-7-3-4-12(11-23)18(25)15-8-13(21)5-6-16(15)22/h5-6,8-9,12H,3-4,7,10-11H2,1-2H3/t12-/m0/s1. The number of Topliss-reactive ketones (excluding diaryl/α,β-unsaturated/α-hetero) is 1. The Labute approximate surface area is 156 Å². The van der Waals surface area contributed by atoms with Gasteiger partial charge >= 0.3 is 0 Å². The molecule has 1 atom stereocenters. The molecule has 0 aromatic heterocycles. The van der Waals surface area contributed by atoms with Gasteiger partial charge in [-0.3, -0.25) is 14.4 Å². The number of ketones is 2. The molecule has 0 bridgehead atoms. The van der Waals surface area contributed by atoms with E-state index in [1.807, 2.05) is 0 Å². The van der Waals surface area contributed by atoms with Gasteiger partial charge in [-0.1, -0.05) is 0 Å². The Bertz CT molecular complexity index is 831. The fourth-order valence-electron chi connectivity index (χ4n) is 3.52. The fourth-order valence-corrected chi connectivity index (χ4v) is 3.52. The van der Waals surface area contributed by atoms with Crippen LogP contribution < -0.4 is 0 Å². The normalized spacial score (nSPS) is 22.1. The molecule has 2 heterocycles. The van der Waals surface area contributed by atoms with E-state index in [4.69, 9.17) is 4.74 Å². The SMILES string of the molecule is CC1(C)CC(=O)C=C(C(=O)N2CCC[C@H](C(=O)c3cc(F)ccc3F)C2)O1. The van der Waals surface area contributed by atoms with E-state index in [1.165, 1.54) is 11.0 Å². The fraction of sp³-hybridized carbons (Fsp3) is 0.450. The van der Waals surface area contributed by atoms with Crippen molar-refractivity contribution in [3.63, 3.8) is 0 Å². The zero-order valence-corrected chi connectivity index (χ0v) is 15.3. The predicted molar refractivity (Wildman–Crippen MR) is 92.9 cm³/mol. The van der Waals surface area contributed by atoms with Crippen molar-refractivity contribution in [3.8, 4) is 0 Å². The Kier molecular flexibility index (Phi) is 5.13. The van der Waals surface area contributed by atoms with Crippen molar-refractivity contribution < 1.29 is 27.9 Å². The van der Waals surface area contributed by atoms with Crippen LogP contribution in [0.1, 0.15) is 43.5 Å². The molecule has 2 aliphatic heterocycles. The number of allylic oxidation sites excluding steroid dienone is 1. The summed E-state index contributed by atoms with van der Waals surface area (Å²) in [7, 11) is 0. The van der Waals surface area contributed by atoms with E-state index in [0.29, 0.717) is 19.4 Å². The second-order valence-corrected chi connectivity index (χ2v) is 7.59. The van der Waals surface area contributed by atoms with Crippen LogP contribution in [0.3, 0.4) is 0 Å². The third kappa shape index (κ3) is 4.23. The largest absolute Gasteiger partial charge is 0.481 e. The number of nitrogens with zero attached hydrogens (tertiary/aromatic N) is 1. The van der Waals surface area contributed by atoms with E-state index < -0.39 is 34.8 Å². The molecule has 0 radical (unpaired) electrons. The number of halogens is 2. The molecule has 5 nitrogen and oxygen atoms in total. The maximum atomic E-state index is 13.9. The number of benzene rings is 1. The predicted octanol–water partition coefficient (Wildman–Crippen LogP) is 3.04. The van der Waals surface area contributed by atoms with Gasteiger partial charge in [0, 0.05) is 31.5 Å². The van der Waals surface area contributed by atoms with Crippen molar-refractivity contribution in [3.05, 3.63) is 47.2 Å². The van der Waals surface area contributed by atoms with Crippen LogP contribution in [0.15, 0.2) is 30.0 Å². The molecule has 2 aliphatic rings. The summed E-state index contributed by atoms with van der Waals surface area (Å²) in [6, 6.07) is 2.75. The zero-order chi connectivity index (χ0) is 19.8. The van der Waals surface area contributed by atoms with Crippen LogP contribution in [0.5, 0.6) is 0 Å². The van der Waals surface area contributed by atoms with Crippen LogP contribution in [0.4, 0.5) is 8.78 Å². The summed E-state index contributed by atoms with van der Waals surface area (Å²) in [6.45, 7) is 3.92. The first-order valence-electron chi connectivity index (χ1n) is 8.88. The first-order chi connectivity index (χ1) is 12.7. The van der Waals surface area contributed by atoms with Crippen LogP contribution in [-0.4, -0.2) is 41.1 Å². The van der Waals surface area contributed by atoms with Gasteiger partial charge in [0.15, 0.2) is 17.3 Å². The molecule has 1 saturated heterocycles. The maximum Gasteiger partial charge on any atom is 0.289 e. The maximum absolute atomic E-state index is 13.9. The summed E-state index contributed by atoms with van der Waals surface area (Å²) in [5.41, 5.74) is -1.08. The molecule has 0 aliphatic carbocycles. The van der Waals surface area contributed by atoms with Crippen LogP contribution >= 0.6 is 0 Å². The molecule has 3 rings (SSSR count). The molecule has 1 aromatic carbocycles. The Morgan fingerprint density at radius 2 is 2.00 bits per heavy atom. The van der Waals surface area contributed by atoms with E-state index in [9.17, 15) is 23.2 Å². The minimum absolute atomic E-state index is 0.0405. The Morgan fingerprint density at radius 3 is 2.70 bits per heavy atom. The van der Waals surface area contributed by atoms with Crippen molar-refractivity contribution in [2.24, 2.45) is 5.92 Å². The highest BCUT2D eigenvalue weighted by atomic mass is 19.1. The third-order valence-electron chi connectivity index (χ3n) is 4.76. The average molecular weight is 377 g/mol. The van der Waals surface area contributed by atoms with Crippen LogP contribution in [0.25, 0.3) is 0 Å². The van der Waals surface area contributed by atoms with Gasteiger partial charge in [0.25, 0.3) is 5.91 Å². The summed E-state index contributed by atoms with van der Waals surface area (Å²) in [5, 5.41) is 0. The van der Waals surface area contributed by atoms with E-state index in [2.05, 4.69) is 0 Å². The number of rotatable bonds is 3. The number of carbonyl (C=O) groups is 3. The zero-order valence-electron chi connectivity index (χ0n) is 15.3. The Balaban J connectivity index is 1.76. The number of hydrogen-bond acceptors (Lipinski definition) is 4. The van der Waals surface area contributed by atoms with Gasteiger partial charge in [-0.2, -0.15) is 0 Å². The van der Waals surface area contributed by atoms with Crippen LogP contribution in [0.2, 0.25) is 0 Å². The van der Waals surface area contributed by atoms with Gasteiger partial charge < -0.3 is 9.64 Å². The molecule has 0 unspecified atom stereocenters. The highest BCUT2D eigenvalue weighted by Crippen LogP contribution is 2.28. The minimum atomic E-state index is -0.782. The van der Waals surface area contributed by atoms with Crippen molar-refractivity contribution in [1.82, 2.24) is 4.90 Å². The lowest BCUT2D eigenvalue weighted by molar-refractivity contribution is -0.139. The lowest BCUT2D eigenvalue weighted by Crippen LogP contribution is -2.45. The molecule has 0 spiro atoms. The second kappa shape index (κ2) is 7.21. The molecule has 1 aromatic rings. The van der Waals surface area contributed by atoms with Crippen LogP contribution in [-0.2, 0) is 14.3 Å². The number of ether oxygens (including phenoxy) is 1. The number of piperidine rings is 1. The second-order valence-electron chi connectivity index (χ2n) is 7.59. The van der Waals surface area contributed by atoms with Crippen molar-refractivity contribution in [2.45, 2.75) is 38.7 Å². The van der Waals surface area contributed by atoms with Gasteiger partial charge in [0.1, 0.15) is 17.2 Å². The van der Waals surface area contributed by atoms with E-state index >= 15 is 0 Å². The molecule has 1 fully saturated rings. The van der Waals surface area contributed by atoms with E-state index in [0.717, 1.165) is 18.2 Å². The number of amides is 1. The number of carbonyl (C=O) groups excluding carboxylic acids is 3. The number of hydrogen-bond donors (Lipinski definition) is 0. The summed E-state index contributed by atoms with van der Waals surface area (Å²) >= 11 is 0. The first-order valence-corrected chi connectivity index (χ1v) is 8.88. The highest BCUT2D eigenvalue weighted by molar-refractivity contribution is 6.02. The summed E-state index contributed by atoms with van der Waals surface area (Å²) < 4.78 is 32.9. The van der Waals surface area contributed by atoms with Gasteiger partial charge in [-0.25, -0.2) is 8.78 Å². The summed E-state index contributed by atoms with van der Waals surface area (Å²) in [6.07, 6.45) is 2.39. The van der Waals surface area contributed by atoms with Gasteiger partial charge in [0.05, 0.1) is 5.56 Å². The van der Waals surface area contributed by atoms with E-state index in [-0.39, 0.29) is 30.1 Å². The minimum Gasteiger partial charge on any atom is -0.481 e. The lowest BCUT2D eigenvalue weighted by Gasteiger charge is -2.35. The lowest BCUT2D eigenvalue weighted by atomic mass is 9.89. The molecule has 0 saturated carbocycles. The molecule has 27 heavy (non-hydrogen) atoms. The quantitative estimate of drug-likeness (QED) is 0.760. The van der Waals surface area contributed by atoms with Crippen LogP contribution in [0, 0.1) is 17.6 Å². The number of likely N-dealkylation sites (tertiary alicyclic amines) is 1. The van der Waals surface area contributed by atoms with E-state index in [1.54, 1.807) is 13.8 Å². The van der Waals surface area contributed by atoms with Crippen molar-refractivity contribution >= 4 is 17.5 Å². The van der Waals surface area contributed by atoms with Gasteiger partial charge in [-0.15, -0.1) is 0 Å². The Hall–Kier alpha value is -2.57. The molecule has 1 amide bonds. The monoisotopic (exact) mass is 377 g/mol. The topological polar surface area (TPSA) is 63.7 Å². The molecular weight excluding hydrogens is 356 g/mol. The highest BCUT2D eigenvalue weighted by Gasteiger charge is 2.36. The molecular formula is C20H21F2NO4. The molecule has 7 heteroatoms. The van der Waals surface area contributed by atoms with Gasteiger partial charge in [0.2, 0.25) is 0 Å². The first kappa shape index (κ1) is 19.2. The Morgan fingerprint density at radius 1 is 1.26 bits per heavy atom. The molecule has 0 N–H and O–H groups in total. The van der Waals surface area contributed by atoms with Crippen molar-refractivity contribution in [1.29, 1.82) is 0 Å². The summed E-state index contributed by atoms with van der Waals surface area (Å²) in [5.74, 6) is -3.33. The van der Waals surface area contributed by atoms with Gasteiger partial charge in [-0.05, 0) is 44.9 Å².